The van der Waals surface area contributed by atoms with E-state index in [-0.39, 0.29) is 29.0 Å². The van der Waals surface area contributed by atoms with Crippen LogP contribution in [0.4, 0.5) is 11.4 Å². The van der Waals surface area contributed by atoms with Gasteiger partial charge in [0.2, 0.25) is 5.91 Å². The van der Waals surface area contributed by atoms with Gasteiger partial charge in [-0.2, -0.15) is 0 Å². The summed E-state index contributed by atoms with van der Waals surface area (Å²) in [5.41, 5.74) is 8.66. The van der Waals surface area contributed by atoms with Crippen LogP contribution >= 0.6 is 0 Å². The number of fused-ring (bicyclic) bond motifs is 3. The molecular formula is C29H31N3O4. The van der Waals surface area contributed by atoms with Crippen LogP contribution in [0.5, 0.6) is 0 Å². The van der Waals surface area contributed by atoms with E-state index in [2.05, 4.69) is 19.2 Å². The van der Waals surface area contributed by atoms with Gasteiger partial charge in [0.25, 0.3) is 0 Å². The van der Waals surface area contributed by atoms with Crippen LogP contribution in [-0.4, -0.2) is 24.8 Å². The molecule has 5 rings (SSSR count). The molecule has 0 saturated carbocycles. The van der Waals surface area contributed by atoms with Gasteiger partial charge in [-0.25, -0.2) is 4.79 Å². The number of benzene rings is 2. The van der Waals surface area contributed by atoms with Crippen molar-refractivity contribution in [1.29, 1.82) is 0 Å². The summed E-state index contributed by atoms with van der Waals surface area (Å²) in [5, 5.41) is 2.89. The SMILES string of the molecule is COC(=O)C1=C(N)N(c2ccc(C(C)C)cc2)C2=C(C(=O)CC(C)(C)C2)C12C(=O)Nc1ccccc12. The first-order chi connectivity index (χ1) is 17.0. The van der Waals surface area contributed by atoms with Crippen molar-refractivity contribution in [3.8, 4) is 0 Å². The molecule has 2 aliphatic heterocycles. The molecule has 2 aromatic rings. The lowest BCUT2D eigenvalue weighted by atomic mass is 9.60. The standard InChI is InChI=1S/C29H31N3O4/c1-16(2)17-10-12-18(13-11-17)32-21-14-28(3,4)15-22(33)23(21)29(24(25(32)30)26(34)36-5)19-8-6-7-9-20(19)31-27(29)35/h6-13,16H,14-15,30H2,1-5H3,(H,31,35). The molecule has 3 N–H and O–H groups in total. The first-order valence-electron chi connectivity index (χ1n) is 12.2. The van der Waals surface area contributed by atoms with E-state index in [9.17, 15) is 14.4 Å². The van der Waals surface area contributed by atoms with Crippen LogP contribution in [0.25, 0.3) is 0 Å². The van der Waals surface area contributed by atoms with Gasteiger partial charge in [-0.15, -0.1) is 0 Å². The van der Waals surface area contributed by atoms with Gasteiger partial charge in [0.15, 0.2) is 5.78 Å². The molecule has 0 bridgehead atoms. The normalized spacial score (nSPS) is 22.7. The van der Waals surface area contributed by atoms with Crippen LogP contribution in [0.1, 0.15) is 57.6 Å². The van der Waals surface area contributed by atoms with E-state index in [0.717, 1.165) is 11.3 Å². The maximum Gasteiger partial charge on any atom is 0.339 e. The zero-order valence-corrected chi connectivity index (χ0v) is 21.3. The van der Waals surface area contributed by atoms with E-state index in [4.69, 9.17) is 10.5 Å². The summed E-state index contributed by atoms with van der Waals surface area (Å²) in [4.78, 5) is 43.0. The maximum atomic E-state index is 14.0. The molecule has 1 atom stereocenters. The van der Waals surface area contributed by atoms with Gasteiger partial charge in [0.1, 0.15) is 16.8 Å². The van der Waals surface area contributed by atoms with Crippen molar-refractivity contribution in [3.63, 3.8) is 0 Å². The van der Waals surface area contributed by atoms with Crippen molar-refractivity contribution in [2.45, 2.75) is 51.9 Å². The number of hydrogen-bond donors (Lipinski definition) is 2. The lowest BCUT2D eigenvalue weighted by Crippen LogP contribution is -2.54. The molecule has 0 aromatic heterocycles. The van der Waals surface area contributed by atoms with Crippen LogP contribution in [0.2, 0.25) is 0 Å². The van der Waals surface area contributed by atoms with Gasteiger partial charge in [0.05, 0.1) is 7.11 Å². The minimum atomic E-state index is -1.68. The zero-order valence-electron chi connectivity index (χ0n) is 21.3. The van der Waals surface area contributed by atoms with E-state index in [0.29, 0.717) is 34.9 Å². The highest BCUT2D eigenvalue weighted by atomic mass is 16.5. The molecule has 1 spiro atoms. The predicted octanol–water partition coefficient (Wildman–Crippen LogP) is 4.51. The summed E-state index contributed by atoms with van der Waals surface area (Å²) in [6.07, 6.45) is 0.754. The van der Waals surface area contributed by atoms with Crippen LogP contribution < -0.4 is 16.0 Å². The number of allylic oxidation sites excluding steroid dienone is 1. The summed E-state index contributed by atoms with van der Waals surface area (Å²) < 4.78 is 5.18. The molecule has 0 fully saturated rings. The van der Waals surface area contributed by atoms with Gasteiger partial charge in [-0.3, -0.25) is 14.5 Å². The number of carbonyl (C=O) groups is 3. The number of anilines is 2. The molecule has 0 saturated heterocycles. The summed E-state index contributed by atoms with van der Waals surface area (Å²) in [6.45, 7) is 8.28. The van der Waals surface area contributed by atoms with E-state index >= 15 is 0 Å². The molecule has 2 heterocycles. The monoisotopic (exact) mass is 485 g/mol. The molecule has 3 aliphatic rings. The first-order valence-corrected chi connectivity index (χ1v) is 12.2. The summed E-state index contributed by atoms with van der Waals surface area (Å²) >= 11 is 0. The number of amides is 1. The average molecular weight is 486 g/mol. The number of para-hydroxylation sites is 1. The largest absolute Gasteiger partial charge is 0.466 e. The van der Waals surface area contributed by atoms with E-state index in [1.54, 1.807) is 29.2 Å². The van der Waals surface area contributed by atoms with Crippen LogP contribution in [0.3, 0.4) is 0 Å². The maximum absolute atomic E-state index is 14.0. The quantitative estimate of drug-likeness (QED) is 0.621. The summed E-state index contributed by atoms with van der Waals surface area (Å²) in [7, 11) is 1.26. The topological polar surface area (TPSA) is 102 Å². The predicted molar refractivity (Wildman–Crippen MR) is 138 cm³/mol. The fraction of sp³-hybridized carbons (Fsp3) is 0.345. The second-order valence-electron chi connectivity index (χ2n) is 10.8. The van der Waals surface area contributed by atoms with E-state index in [1.165, 1.54) is 7.11 Å². The number of methoxy groups -OCH3 is 1. The van der Waals surface area contributed by atoms with E-state index < -0.39 is 17.3 Å². The number of Topliss-reactive ketones (excluding diaryl/α,β-unsaturated/α-hetero) is 1. The van der Waals surface area contributed by atoms with Crippen molar-refractivity contribution in [2.24, 2.45) is 11.1 Å². The smallest absolute Gasteiger partial charge is 0.339 e. The first kappa shape index (κ1) is 23.9. The zero-order chi connectivity index (χ0) is 26.0. The summed E-state index contributed by atoms with van der Waals surface area (Å²) in [5.74, 6) is -0.957. The number of nitrogens with zero attached hydrogens (tertiary/aromatic N) is 1. The highest BCUT2D eigenvalue weighted by Crippen LogP contribution is 2.57. The van der Waals surface area contributed by atoms with Gasteiger partial charge in [-0.05, 0) is 41.5 Å². The molecule has 2 aromatic carbocycles. The number of carbonyl (C=O) groups excluding carboxylic acids is 3. The van der Waals surface area contributed by atoms with Gasteiger partial charge < -0.3 is 15.8 Å². The number of ether oxygens (including phenoxy) is 1. The van der Waals surface area contributed by atoms with Gasteiger partial charge >= 0.3 is 5.97 Å². The minimum absolute atomic E-state index is 0.0350. The van der Waals surface area contributed by atoms with Crippen molar-refractivity contribution < 1.29 is 19.1 Å². The average Bonchev–Trinajstić information content (AvgIpc) is 3.10. The third kappa shape index (κ3) is 3.22. The number of hydrogen-bond acceptors (Lipinski definition) is 6. The Morgan fingerprint density at radius 2 is 1.72 bits per heavy atom. The highest BCUT2D eigenvalue weighted by Gasteiger charge is 2.62. The Labute approximate surface area is 211 Å². The number of ketones is 1. The highest BCUT2D eigenvalue weighted by molar-refractivity contribution is 6.23. The fourth-order valence-corrected chi connectivity index (χ4v) is 5.90. The molecular weight excluding hydrogens is 454 g/mol. The molecule has 36 heavy (non-hydrogen) atoms. The second-order valence-corrected chi connectivity index (χ2v) is 10.8. The Hall–Kier alpha value is -3.87. The van der Waals surface area contributed by atoms with Crippen LogP contribution in [0, 0.1) is 5.41 Å². The molecule has 7 heteroatoms. The van der Waals surface area contributed by atoms with Gasteiger partial charge in [-0.1, -0.05) is 58.0 Å². The lowest BCUT2D eigenvalue weighted by Gasteiger charge is -2.47. The van der Waals surface area contributed by atoms with Crippen molar-refractivity contribution in [2.75, 3.05) is 17.3 Å². The third-order valence-electron chi connectivity index (χ3n) is 7.50. The Balaban J connectivity index is 1.88. The fourth-order valence-electron chi connectivity index (χ4n) is 5.90. The Bertz CT molecular complexity index is 1370. The molecule has 186 valence electrons. The Morgan fingerprint density at radius 3 is 2.36 bits per heavy atom. The lowest BCUT2D eigenvalue weighted by molar-refractivity contribution is -0.138. The summed E-state index contributed by atoms with van der Waals surface area (Å²) in [6, 6.07) is 15.0. The minimum Gasteiger partial charge on any atom is -0.466 e. The molecule has 7 nitrogen and oxygen atoms in total. The van der Waals surface area contributed by atoms with Crippen molar-refractivity contribution in [1.82, 2.24) is 0 Å². The van der Waals surface area contributed by atoms with Crippen LogP contribution in [0.15, 0.2) is 71.2 Å². The third-order valence-corrected chi connectivity index (χ3v) is 7.50. The van der Waals surface area contributed by atoms with Crippen molar-refractivity contribution in [3.05, 3.63) is 82.3 Å². The number of nitrogens with two attached hydrogens (primary N) is 1. The number of nitrogens with one attached hydrogen (secondary N) is 1. The van der Waals surface area contributed by atoms with E-state index in [1.807, 2.05) is 38.1 Å². The second kappa shape index (κ2) is 8.08. The molecule has 1 unspecified atom stereocenters. The number of esters is 1. The van der Waals surface area contributed by atoms with Gasteiger partial charge in [0, 0.05) is 34.6 Å². The Kier molecular flexibility index (Phi) is 5.36. The molecule has 1 amide bonds. The Morgan fingerprint density at radius 1 is 1.06 bits per heavy atom. The number of rotatable bonds is 3. The van der Waals surface area contributed by atoms with Crippen LogP contribution in [-0.2, 0) is 24.5 Å². The molecule has 0 radical (unpaired) electrons. The molecule has 1 aliphatic carbocycles. The van der Waals surface area contributed by atoms with Crippen molar-refractivity contribution >= 4 is 29.0 Å².